The van der Waals surface area contributed by atoms with Gasteiger partial charge >= 0.3 is 0 Å². The molecule has 0 aliphatic heterocycles. The molecule has 1 nitrogen and oxygen atoms in total. The summed E-state index contributed by atoms with van der Waals surface area (Å²) in [4.78, 5) is 10.2. The maximum Gasteiger partial charge on any atom is 0.154 e. The summed E-state index contributed by atoms with van der Waals surface area (Å²) in [5, 5.41) is 0.211. The van der Waals surface area contributed by atoms with Gasteiger partial charge in [-0.15, -0.1) is 0 Å². The van der Waals surface area contributed by atoms with Crippen LogP contribution in [0.15, 0.2) is 12.1 Å². The third kappa shape index (κ3) is 1.70. The Bertz CT molecular complexity index is 275. The molecule has 0 aliphatic carbocycles. The van der Waals surface area contributed by atoms with Gasteiger partial charge in [0.25, 0.3) is 0 Å². The minimum Gasteiger partial charge on any atom is -0.298 e. The second kappa shape index (κ2) is 3.20. The first-order valence-corrected chi connectivity index (χ1v) is 3.50. The molecule has 1 rings (SSSR count). The van der Waals surface area contributed by atoms with E-state index in [1.165, 1.54) is 6.07 Å². The number of carbonyl (C=O) groups excluding carboxylic acids is 1. The van der Waals surface area contributed by atoms with Crippen molar-refractivity contribution < 1.29 is 9.18 Å². The number of rotatable bonds is 1. The summed E-state index contributed by atoms with van der Waals surface area (Å²) in [5.74, 6) is -0.697. The number of hydrogen-bond acceptors (Lipinski definition) is 1. The third-order valence-corrected chi connectivity index (χ3v) is 1.69. The van der Waals surface area contributed by atoms with Gasteiger partial charge in [-0.25, -0.2) is 4.39 Å². The normalized spacial score (nSPS) is 9.73. The summed E-state index contributed by atoms with van der Waals surface area (Å²) in [6.45, 7) is 0. The van der Waals surface area contributed by atoms with E-state index in [2.05, 4.69) is 0 Å². The monoisotopic (exact) mass is 192 g/mol. The first-order chi connectivity index (χ1) is 5.15. The second-order valence-electron chi connectivity index (χ2n) is 1.90. The Kier molecular flexibility index (Phi) is 2.47. The van der Waals surface area contributed by atoms with E-state index < -0.39 is 5.82 Å². The fourth-order valence-corrected chi connectivity index (χ4v) is 1.18. The van der Waals surface area contributed by atoms with Gasteiger partial charge in [0.15, 0.2) is 6.29 Å². The zero-order valence-corrected chi connectivity index (χ0v) is 6.79. The Morgan fingerprint density at radius 1 is 1.36 bits per heavy atom. The number of benzene rings is 1. The van der Waals surface area contributed by atoms with E-state index in [4.69, 9.17) is 23.2 Å². The molecule has 0 radical (unpaired) electrons. The van der Waals surface area contributed by atoms with E-state index in [-0.39, 0.29) is 15.6 Å². The van der Waals surface area contributed by atoms with Crippen molar-refractivity contribution in [2.45, 2.75) is 0 Å². The van der Waals surface area contributed by atoms with Crippen LogP contribution in [0.2, 0.25) is 10.0 Å². The van der Waals surface area contributed by atoms with Gasteiger partial charge in [0.05, 0.1) is 10.6 Å². The highest BCUT2D eigenvalue weighted by molar-refractivity contribution is 6.36. The van der Waals surface area contributed by atoms with Crippen molar-refractivity contribution in [2.24, 2.45) is 0 Å². The fourth-order valence-electron chi connectivity index (χ4n) is 0.666. The van der Waals surface area contributed by atoms with E-state index in [1.807, 2.05) is 0 Å². The van der Waals surface area contributed by atoms with Crippen molar-refractivity contribution in [1.29, 1.82) is 0 Å². The summed E-state index contributed by atoms with van der Waals surface area (Å²) < 4.78 is 12.7. The van der Waals surface area contributed by atoms with Crippen molar-refractivity contribution in [3.8, 4) is 0 Å². The zero-order valence-electron chi connectivity index (χ0n) is 5.27. The Morgan fingerprint density at radius 3 is 2.45 bits per heavy atom. The minimum absolute atomic E-state index is 0.0324. The van der Waals surface area contributed by atoms with Crippen LogP contribution in [0.3, 0.4) is 0 Å². The summed E-state index contributed by atoms with van der Waals surface area (Å²) in [7, 11) is 0. The van der Waals surface area contributed by atoms with Crippen LogP contribution in [-0.4, -0.2) is 6.29 Å². The zero-order chi connectivity index (χ0) is 8.43. The highest BCUT2D eigenvalue weighted by Crippen LogP contribution is 2.22. The van der Waals surface area contributed by atoms with E-state index >= 15 is 0 Å². The highest BCUT2D eigenvalue weighted by atomic mass is 35.5. The van der Waals surface area contributed by atoms with Crippen LogP contribution in [0.25, 0.3) is 0 Å². The average Bonchev–Trinajstić information content (AvgIpc) is 1.85. The lowest BCUT2D eigenvalue weighted by molar-refractivity contribution is 0.112. The van der Waals surface area contributed by atoms with Crippen molar-refractivity contribution in [3.05, 3.63) is 33.6 Å². The molecule has 0 amide bonds. The minimum atomic E-state index is -0.697. The fraction of sp³-hybridized carbons (Fsp3) is 0. The molecule has 1 aromatic carbocycles. The number of hydrogen-bond donors (Lipinski definition) is 0. The van der Waals surface area contributed by atoms with Crippen LogP contribution in [0.5, 0.6) is 0 Å². The Hall–Kier alpha value is -0.600. The van der Waals surface area contributed by atoms with Crippen LogP contribution in [0, 0.1) is 5.82 Å². The molecule has 0 saturated carbocycles. The van der Waals surface area contributed by atoms with Crippen LogP contribution >= 0.6 is 23.2 Å². The number of halogens is 3. The number of aldehydes is 1. The van der Waals surface area contributed by atoms with Gasteiger partial charge in [0, 0.05) is 5.02 Å². The topological polar surface area (TPSA) is 17.1 Å². The molecule has 0 aromatic heterocycles. The smallest absolute Gasteiger partial charge is 0.154 e. The summed E-state index contributed by atoms with van der Waals surface area (Å²) in [5.41, 5.74) is -0.156. The lowest BCUT2D eigenvalue weighted by atomic mass is 10.2. The average molecular weight is 193 g/mol. The Labute approximate surface area is 72.7 Å². The lowest BCUT2D eigenvalue weighted by Crippen LogP contribution is -1.88. The molecule has 0 atom stereocenters. The quantitative estimate of drug-likeness (QED) is 0.626. The van der Waals surface area contributed by atoms with Crippen LogP contribution < -0.4 is 0 Å². The molecule has 0 N–H and O–H groups in total. The summed E-state index contributed by atoms with van der Waals surface area (Å²) >= 11 is 10.9. The molecule has 0 aliphatic rings. The molecule has 1 aromatic rings. The maximum absolute atomic E-state index is 12.7. The lowest BCUT2D eigenvalue weighted by Gasteiger charge is -1.97. The first kappa shape index (κ1) is 8.50. The van der Waals surface area contributed by atoms with Gasteiger partial charge < -0.3 is 0 Å². The van der Waals surface area contributed by atoms with Crippen molar-refractivity contribution in [2.75, 3.05) is 0 Å². The standard InChI is InChI=1S/C7H3Cl2FO/c8-4-1-6(9)5(3-11)7(10)2-4/h1-3H. The van der Waals surface area contributed by atoms with Gasteiger partial charge in [-0.3, -0.25) is 4.79 Å². The number of carbonyl (C=O) groups is 1. The van der Waals surface area contributed by atoms with Crippen LogP contribution in [0.1, 0.15) is 10.4 Å². The van der Waals surface area contributed by atoms with Crippen LogP contribution in [0.4, 0.5) is 4.39 Å². The SMILES string of the molecule is O=Cc1c(F)cc(Cl)cc1Cl. The van der Waals surface area contributed by atoms with E-state index in [0.29, 0.717) is 6.29 Å². The largest absolute Gasteiger partial charge is 0.298 e. The molecule has 0 bridgehead atoms. The van der Waals surface area contributed by atoms with E-state index in [9.17, 15) is 9.18 Å². The molecule has 0 spiro atoms. The summed E-state index contributed by atoms with van der Waals surface area (Å²) in [6.07, 6.45) is 0.355. The van der Waals surface area contributed by atoms with Crippen molar-refractivity contribution in [1.82, 2.24) is 0 Å². The van der Waals surface area contributed by atoms with Crippen LogP contribution in [-0.2, 0) is 0 Å². The van der Waals surface area contributed by atoms with E-state index in [1.54, 1.807) is 0 Å². The van der Waals surface area contributed by atoms with E-state index in [0.717, 1.165) is 6.07 Å². The first-order valence-electron chi connectivity index (χ1n) is 2.75. The van der Waals surface area contributed by atoms with Crippen molar-refractivity contribution in [3.63, 3.8) is 0 Å². The molecule has 0 heterocycles. The molecular formula is C7H3Cl2FO. The van der Waals surface area contributed by atoms with Gasteiger partial charge in [-0.1, -0.05) is 23.2 Å². The second-order valence-corrected chi connectivity index (χ2v) is 2.74. The predicted molar refractivity (Wildman–Crippen MR) is 41.8 cm³/mol. The molecule has 0 fully saturated rings. The Balaban J connectivity index is 3.36. The predicted octanol–water partition coefficient (Wildman–Crippen LogP) is 2.95. The molecule has 58 valence electrons. The Morgan fingerprint density at radius 2 is 2.00 bits per heavy atom. The van der Waals surface area contributed by atoms with Gasteiger partial charge in [-0.05, 0) is 12.1 Å². The van der Waals surface area contributed by atoms with Crippen molar-refractivity contribution >= 4 is 29.5 Å². The maximum atomic E-state index is 12.7. The van der Waals surface area contributed by atoms with Gasteiger partial charge in [0.2, 0.25) is 0 Å². The molecule has 4 heteroatoms. The third-order valence-electron chi connectivity index (χ3n) is 1.16. The molecule has 0 unspecified atom stereocenters. The van der Waals surface area contributed by atoms with Gasteiger partial charge in [0.1, 0.15) is 5.82 Å². The molecule has 11 heavy (non-hydrogen) atoms. The highest BCUT2D eigenvalue weighted by Gasteiger charge is 2.06. The summed E-state index contributed by atoms with van der Waals surface area (Å²) in [6, 6.07) is 2.35. The molecular weight excluding hydrogens is 190 g/mol. The van der Waals surface area contributed by atoms with Gasteiger partial charge in [-0.2, -0.15) is 0 Å². The molecule has 0 saturated heterocycles.